The van der Waals surface area contributed by atoms with Gasteiger partial charge in [0.05, 0.1) is 11.0 Å². The van der Waals surface area contributed by atoms with E-state index >= 15 is 0 Å². The molecule has 4 rings (SSSR count). The van der Waals surface area contributed by atoms with Crippen LogP contribution >= 0.6 is 0 Å². The molecule has 0 unspecified atom stereocenters. The van der Waals surface area contributed by atoms with Crippen molar-refractivity contribution in [1.82, 2.24) is 0 Å². The van der Waals surface area contributed by atoms with Crippen LogP contribution in [0.4, 0.5) is 0 Å². The molecule has 0 bridgehead atoms. The van der Waals surface area contributed by atoms with Crippen molar-refractivity contribution in [3.8, 4) is 0 Å². The van der Waals surface area contributed by atoms with Gasteiger partial charge in [-0.05, 0) is 84.9 Å². The smallest absolute Gasteiger partial charge is 0.246 e. The Kier molecular flexibility index (Phi) is 6.35. The van der Waals surface area contributed by atoms with Crippen LogP contribution in [-0.2, 0) is 0 Å². The van der Waals surface area contributed by atoms with Gasteiger partial charge < -0.3 is 5.11 Å². The van der Waals surface area contributed by atoms with Crippen molar-refractivity contribution in [3.05, 3.63) is 21.4 Å². The first-order valence-corrected chi connectivity index (χ1v) is 13.1. The van der Waals surface area contributed by atoms with Crippen LogP contribution in [0.25, 0.3) is 0 Å². The molecule has 4 nitrogen and oxygen atoms in total. The van der Waals surface area contributed by atoms with E-state index in [0.29, 0.717) is 41.7 Å². The van der Waals surface area contributed by atoms with Crippen molar-refractivity contribution in [2.24, 2.45) is 46.3 Å². The van der Waals surface area contributed by atoms with Gasteiger partial charge in [0.25, 0.3) is 0 Å². The summed E-state index contributed by atoms with van der Waals surface area (Å²) < 4.78 is 0. The third-order valence-electron chi connectivity index (χ3n) is 10.6. The Morgan fingerprint density at radius 2 is 1.77 bits per heavy atom. The molecule has 0 aliphatic heterocycles. The highest BCUT2D eigenvalue weighted by Crippen LogP contribution is 2.68. The van der Waals surface area contributed by atoms with Crippen molar-refractivity contribution in [3.63, 3.8) is 0 Å². The zero-order valence-corrected chi connectivity index (χ0v) is 20.5. The SMILES string of the molecule is CC(C)CCC[C@H](C)[C@H]1CC[C@H]2[C@@H]3CC([N+](=O)[O-])=C4C[C@@H](O)CC[C@]4(C)[C@H]3CC[C@]12C. The van der Waals surface area contributed by atoms with Crippen molar-refractivity contribution >= 4 is 0 Å². The molecule has 3 fully saturated rings. The molecule has 4 aliphatic carbocycles. The van der Waals surface area contributed by atoms with Crippen LogP contribution in [0.15, 0.2) is 11.3 Å². The molecule has 1 N–H and O–H groups in total. The van der Waals surface area contributed by atoms with Crippen molar-refractivity contribution in [2.45, 2.75) is 111 Å². The number of allylic oxidation sites excluding steroid dienone is 1. The molecule has 3 saturated carbocycles. The molecule has 0 heterocycles. The Balaban J connectivity index is 1.59. The number of fused-ring (bicyclic) bond motifs is 5. The Hall–Kier alpha value is -0.900. The minimum absolute atomic E-state index is 0.0765. The number of hydrogen-bond acceptors (Lipinski definition) is 3. The molecule has 0 amide bonds. The fourth-order valence-electron chi connectivity index (χ4n) is 8.96. The summed E-state index contributed by atoms with van der Waals surface area (Å²) in [6.45, 7) is 12.0. The van der Waals surface area contributed by atoms with Crippen LogP contribution in [0, 0.1) is 56.5 Å². The van der Waals surface area contributed by atoms with Crippen molar-refractivity contribution in [1.29, 1.82) is 0 Å². The second-order valence-corrected chi connectivity index (χ2v) is 12.6. The second-order valence-electron chi connectivity index (χ2n) is 12.6. The summed E-state index contributed by atoms with van der Waals surface area (Å²) in [5.41, 5.74) is 1.74. The van der Waals surface area contributed by atoms with Gasteiger partial charge in [0.1, 0.15) is 0 Å². The standard InChI is InChI=1S/C27H45NO3/c1-17(2)7-6-8-18(3)21-9-10-22-20-16-25(28(30)31)24-15-19(29)11-13-27(24,5)23(20)12-14-26(21,22)4/h17-23,29H,6-16H2,1-5H3/t18-,19-,20-,21+,22-,23-,26+,27+/m0/s1. The lowest BCUT2D eigenvalue weighted by Gasteiger charge is -2.58. The molecule has 0 aromatic rings. The number of rotatable bonds is 6. The minimum atomic E-state index is -0.397. The molecular weight excluding hydrogens is 386 g/mol. The number of hydrogen-bond donors (Lipinski definition) is 1. The van der Waals surface area contributed by atoms with Crippen LogP contribution < -0.4 is 0 Å². The van der Waals surface area contributed by atoms with Gasteiger partial charge in [-0.15, -0.1) is 0 Å². The number of aliphatic hydroxyl groups excluding tert-OH is 1. The molecular formula is C27H45NO3. The first-order valence-electron chi connectivity index (χ1n) is 13.1. The Bertz CT molecular complexity index is 730. The third kappa shape index (κ3) is 3.89. The molecule has 31 heavy (non-hydrogen) atoms. The van der Waals surface area contributed by atoms with Crippen molar-refractivity contribution < 1.29 is 10.0 Å². The molecule has 0 saturated heterocycles. The van der Waals surface area contributed by atoms with Crippen LogP contribution in [0.5, 0.6) is 0 Å². The van der Waals surface area contributed by atoms with Gasteiger partial charge in [-0.1, -0.05) is 53.9 Å². The molecule has 0 radical (unpaired) electrons. The maximum absolute atomic E-state index is 12.1. The quantitative estimate of drug-likeness (QED) is 0.364. The molecule has 0 aromatic carbocycles. The monoisotopic (exact) mass is 431 g/mol. The van der Waals surface area contributed by atoms with Gasteiger partial charge >= 0.3 is 0 Å². The topological polar surface area (TPSA) is 63.4 Å². The molecule has 4 heteroatoms. The predicted molar refractivity (Wildman–Crippen MR) is 125 cm³/mol. The normalized spacial score (nSPS) is 43.4. The summed E-state index contributed by atoms with van der Waals surface area (Å²) in [7, 11) is 0. The zero-order chi connectivity index (χ0) is 22.6. The fourth-order valence-corrected chi connectivity index (χ4v) is 8.96. The summed E-state index contributed by atoms with van der Waals surface area (Å²) in [6.07, 6.45) is 11.5. The van der Waals surface area contributed by atoms with E-state index in [9.17, 15) is 15.2 Å². The van der Waals surface area contributed by atoms with Gasteiger partial charge in [0.2, 0.25) is 5.70 Å². The summed E-state index contributed by atoms with van der Waals surface area (Å²) in [4.78, 5) is 12.0. The highest BCUT2D eigenvalue weighted by molar-refractivity contribution is 5.28. The minimum Gasteiger partial charge on any atom is -0.393 e. The van der Waals surface area contributed by atoms with Gasteiger partial charge in [-0.25, -0.2) is 0 Å². The maximum atomic E-state index is 12.1. The van der Waals surface area contributed by atoms with Gasteiger partial charge in [0.15, 0.2) is 0 Å². The number of aliphatic hydroxyl groups is 1. The van der Waals surface area contributed by atoms with Crippen LogP contribution in [0.1, 0.15) is 105 Å². The average molecular weight is 432 g/mol. The first-order chi connectivity index (χ1) is 14.6. The van der Waals surface area contributed by atoms with Crippen LogP contribution in [-0.4, -0.2) is 16.1 Å². The van der Waals surface area contributed by atoms with E-state index in [2.05, 4.69) is 34.6 Å². The summed E-state index contributed by atoms with van der Waals surface area (Å²) in [6, 6.07) is 0. The third-order valence-corrected chi connectivity index (χ3v) is 10.6. The molecule has 8 atom stereocenters. The molecule has 0 aromatic heterocycles. The molecule has 4 aliphatic rings. The van der Waals surface area contributed by atoms with E-state index in [1.165, 1.54) is 44.9 Å². The lowest BCUT2D eigenvalue weighted by Crippen LogP contribution is -2.52. The molecule has 0 spiro atoms. The van der Waals surface area contributed by atoms with Crippen LogP contribution in [0.3, 0.4) is 0 Å². The Labute approximate surface area is 189 Å². The van der Waals surface area contributed by atoms with E-state index in [1.54, 1.807) is 0 Å². The van der Waals surface area contributed by atoms with Gasteiger partial charge in [-0.2, -0.15) is 0 Å². The predicted octanol–water partition coefficient (Wildman–Crippen LogP) is 6.99. The highest BCUT2D eigenvalue weighted by atomic mass is 16.6. The lowest BCUT2D eigenvalue weighted by molar-refractivity contribution is -0.434. The fraction of sp³-hybridized carbons (Fsp3) is 0.926. The van der Waals surface area contributed by atoms with E-state index in [1.807, 2.05) is 0 Å². The van der Waals surface area contributed by atoms with E-state index < -0.39 is 6.10 Å². The lowest BCUT2D eigenvalue weighted by atomic mass is 9.46. The Morgan fingerprint density at radius 3 is 2.45 bits per heavy atom. The number of nitro groups is 1. The molecule has 176 valence electrons. The van der Waals surface area contributed by atoms with Crippen LogP contribution in [0.2, 0.25) is 0 Å². The largest absolute Gasteiger partial charge is 0.393 e. The van der Waals surface area contributed by atoms with Crippen molar-refractivity contribution in [2.75, 3.05) is 0 Å². The van der Waals surface area contributed by atoms with E-state index in [0.717, 1.165) is 36.2 Å². The highest BCUT2D eigenvalue weighted by Gasteiger charge is 2.61. The maximum Gasteiger partial charge on any atom is 0.246 e. The first kappa shape index (κ1) is 23.3. The van der Waals surface area contributed by atoms with Gasteiger partial charge in [-0.3, -0.25) is 10.1 Å². The van der Waals surface area contributed by atoms with E-state index in [4.69, 9.17) is 0 Å². The van der Waals surface area contributed by atoms with E-state index in [-0.39, 0.29) is 10.3 Å². The average Bonchev–Trinajstić information content (AvgIpc) is 3.05. The van der Waals surface area contributed by atoms with Gasteiger partial charge in [0, 0.05) is 18.4 Å². The zero-order valence-electron chi connectivity index (χ0n) is 20.5. The summed E-state index contributed by atoms with van der Waals surface area (Å²) in [5.74, 6) is 3.96. The second kappa shape index (κ2) is 8.47. The summed E-state index contributed by atoms with van der Waals surface area (Å²) in [5, 5.41) is 22.4. The number of nitrogens with zero attached hydrogens (tertiary/aromatic N) is 1. The Morgan fingerprint density at radius 1 is 1.03 bits per heavy atom. The summed E-state index contributed by atoms with van der Waals surface area (Å²) >= 11 is 0.